The van der Waals surface area contributed by atoms with Gasteiger partial charge in [-0.1, -0.05) is 25.5 Å². The smallest absolute Gasteiger partial charge is 0.246 e. The maximum atomic E-state index is 13.4. The number of methoxy groups -OCH3 is 1. The van der Waals surface area contributed by atoms with Gasteiger partial charge < -0.3 is 10.1 Å². The van der Waals surface area contributed by atoms with Gasteiger partial charge in [0.15, 0.2) is 0 Å². The van der Waals surface area contributed by atoms with Crippen LogP contribution in [0.5, 0.6) is 5.75 Å². The standard InChI is InChI=1S/C23H30FN3O4S/c1-3-26(16-18-8-7-9-19(24)14-18)17-23(28)25-20-10-11-21(31-2)22(15-20)32(29,30)27-12-5-4-6-13-27/h7-11,14-15H,3-6,12-13,16-17H2,1-2H3,(H,25,28). The van der Waals surface area contributed by atoms with Crippen molar-refractivity contribution in [3.05, 3.63) is 53.8 Å². The molecule has 0 radical (unpaired) electrons. The summed E-state index contributed by atoms with van der Waals surface area (Å²) in [5.41, 5.74) is 1.16. The minimum atomic E-state index is -3.72. The zero-order valence-electron chi connectivity index (χ0n) is 18.5. The van der Waals surface area contributed by atoms with Gasteiger partial charge in [0, 0.05) is 25.3 Å². The zero-order valence-corrected chi connectivity index (χ0v) is 19.3. The number of hydrogen-bond donors (Lipinski definition) is 1. The number of sulfonamides is 1. The number of amides is 1. The summed E-state index contributed by atoms with van der Waals surface area (Å²) >= 11 is 0. The molecular weight excluding hydrogens is 433 g/mol. The van der Waals surface area contributed by atoms with E-state index in [1.165, 1.54) is 29.6 Å². The Bertz CT molecular complexity index is 1040. The third-order valence-corrected chi connectivity index (χ3v) is 7.41. The highest BCUT2D eigenvalue weighted by Gasteiger charge is 2.29. The molecule has 0 saturated carbocycles. The number of nitrogens with one attached hydrogen (secondary N) is 1. The van der Waals surface area contributed by atoms with Crippen LogP contribution in [0.25, 0.3) is 0 Å². The van der Waals surface area contributed by atoms with Crippen LogP contribution < -0.4 is 10.1 Å². The Morgan fingerprint density at radius 1 is 1.16 bits per heavy atom. The van der Waals surface area contributed by atoms with Gasteiger partial charge in [0.1, 0.15) is 16.5 Å². The summed E-state index contributed by atoms with van der Waals surface area (Å²) in [7, 11) is -2.30. The Kier molecular flexibility index (Phi) is 8.22. The molecule has 9 heteroatoms. The van der Waals surface area contributed by atoms with Crippen molar-refractivity contribution >= 4 is 21.6 Å². The Hall–Kier alpha value is -2.49. The lowest BCUT2D eigenvalue weighted by molar-refractivity contribution is -0.117. The maximum Gasteiger partial charge on any atom is 0.246 e. The molecule has 32 heavy (non-hydrogen) atoms. The summed E-state index contributed by atoms with van der Waals surface area (Å²) in [6.07, 6.45) is 2.68. The molecule has 0 aliphatic carbocycles. The molecule has 1 saturated heterocycles. The molecule has 3 rings (SSSR count). The van der Waals surface area contributed by atoms with Crippen LogP contribution in [0.3, 0.4) is 0 Å². The zero-order chi connectivity index (χ0) is 23.1. The predicted octanol–water partition coefficient (Wildman–Crippen LogP) is 3.47. The van der Waals surface area contributed by atoms with Crippen LogP contribution in [0.2, 0.25) is 0 Å². The van der Waals surface area contributed by atoms with Crippen LogP contribution in [-0.4, -0.2) is 56.8 Å². The van der Waals surface area contributed by atoms with Gasteiger partial charge in [0.05, 0.1) is 13.7 Å². The lowest BCUT2D eigenvalue weighted by atomic mass is 10.2. The number of carbonyl (C=O) groups excluding carboxylic acids is 1. The van der Waals surface area contributed by atoms with Crippen molar-refractivity contribution in [2.24, 2.45) is 0 Å². The minimum Gasteiger partial charge on any atom is -0.495 e. The summed E-state index contributed by atoms with van der Waals surface area (Å²) in [6.45, 7) is 4.00. The lowest BCUT2D eigenvalue weighted by Gasteiger charge is -2.26. The molecule has 1 fully saturated rings. The SMILES string of the molecule is CCN(CC(=O)Nc1ccc(OC)c(S(=O)(=O)N2CCCCC2)c1)Cc1cccc(F)c1. The van der Waals surface area contributed by atoms with Gasteiger partial charge in [-0.25, -0.2) is 12.8 Å². The second kappa shape index (κ2) is 10.9. The Labute approximate surface area is 189 Å². The van der Waals surface area contributed by atoms with E-state index in [-0.39, 0.29) is 28.9 Å². The number of piperidine rings is 1. The van der Waals surface area contributed by atoms with Crippen LogP contribution in [0.15, 0.2) is 47.4 Å². The average molecular weight is 464 g/mol. The molecule has 2 aromatic rings. The van der Waals surface area contributed by atoms with E-state index >= 15 is 0 Å². The highest BCUT2D eigenvalue weighted by molar-refractivity contribution is 7.89. The number of ether oxygens (including phenoxy) is 1. The fourth-order valence-corrected chi connectivity index (χ4v) is 5.48. The van der Waals surface area contributed by atoms with Crippen molar-refractivity contribution < 1.29 is 22.3 Å². The normalized spacial score (nSPS) is 15.0. The molecule has 174 valence electrons. The van der Waals surface area contributed by atoms with Crippen molar-refractivity contribution in [1.82, 2.24) is 9.21 Å². The molecular formula is C23H30FN3O4S. The predicted molar refractivity (Wildman–Crippen MR) is 122 cm³/mol. The quantitative estimate of drug-likeness (QED) is 0.616. The number of likely N-dealkylation sites (N-methyl/N-ethyl adjacent to an activating group) is 1. The lowest BCUT2D eigenvalue weighted by Crippen LogP contribution is -2.36. The number of nitrogens with zero attached hydrogens (tertiary/aromatic N) is 2. The van der Waals surface area contributed by atoms with E-state index in [0.717, 1.165) is 24.8 Å². The summed E-state index contributed by atoms with van der Waals surface area (Å²) in [6, 6.07) is 10.9. The van der Waals surface area contributed by atoms with E-state index in [1.54, 1.807) is 18.2 Å². The Morgan fingerprint density at radius 3 is 2.56 bits per heavy atom. The fourth-order valence-electron chi connectivity index (χ4n) is 3.78. The van der Waals surface area contributed by atoms with Gasteiger partial charge in [0.25, 0.3) is 0 Å². The van der Waals surface area contributed by atoms with Gasteiger partial charge in [-0.3, -0.25) is 9.69 Å². The van der Waals surface area contributed by atoms with E-state index in [4.69, 9.17) is 4.74 Å². The second-order valence-corrected chi connectivity index (χ2v) is 9.72. The highest BCUT2D eigenvalue weighted by atomic mass is 32.2. The van der Waals surface area contributed by atoms with Crippen LogP contribution in [0.1, 0.15) is 31.7 Å². The number of benzene rings is 2. The van der Waals surface area contributed by atoms with Crippen LogP contribution >= 0.6 is 0 Å². The fraction of sp³-hybridized carbons (Fsp3) is 0.435. The molecule has 0 unspecified atom stereocenters. The third-order valence-electron chi connectivity index (χ3n) is 5.49. The van der Waals surface area contributed by atoms with E-state index in [1.807, 2.05) is 17.9 Å². The first-order valence-electron chi connectivity index (χ1n) is 10.8. The van der Waals surface area contributed by atoms with Gasteiger partial charge in [0.2, 0.25) is 15.9 Å². The first-order chi connectivity index (χ1) is 15.3. The molecule has 1 aliphatic rings. The summed E-state index contributed by atoms with van der Waals surface area (Å²) in [4.78, 5) is 14.6. The second-order valence-electron chi connectivity index (χ2n) is 7.81. The first-order valence-corrected chi connectivity index (χ1v) is 12.2. The highest BCUT2D eigenvalue weighted by Crippen LogP contribution is 2.31. The van der Waals surface area contributed by atoms with Gasteiger partial charge >= 0.3 is 0 Å². The van der Waals surface area contributed by atoms with Gasteiger partial charge in [-0.15, -0.1) is 0 Å². The molecule has 1 heterocycles. The first kappa shape index (κ1) is 24.2. The largest absolute Gasteiger partial charge is 0.495 e. The van der Waals surface area contributed by atoms with Crippen molar-refractivity contribution in [3.63, 3.8) is 0 Å². The van der Waals surface area contributed by atoms with Crippen molar-refractivity contribution in [2.45, 2.75) is 37.6 Å². The molecule has 1 amide bonds. The number of halogens is 1. The molecule has 0 aromatic heterocycles. The van der Waals surface area contributed by atoms with Crippen molar-refractivity contribution in [1.29, 1.82) is 0 Å². The minimum absolute atomic E-state index is 0.0480. The maximum absolute atomic E-state index is 13.4. The Morgan fingerprint density at radius 2 is 1.91 bits per heavy atom. The number of anilines is 1. The average Bonchev–Trinajstić information content (AvgIpc) is 2.79. The van der Waals surface area contributed by atoms with E-state index in [2.05, 4.69) is 5.32 Å². The van der Waals surface area contributed by atoms with Gasteiger partial charge in [-0.2, -0.15) is 4.31 Å². The molecule has 1 N–H and O–H groups in total. The van der Waals surface area contributed by atoms with E-state index in [9.17, 15) is 17.6 Å². The number of rotatable bonds is 9. The Balaban J connectivity index is 1.72. The van der Waals surface area contributed by atoms with Crippen LogP contribution in [-0.2, 0) is 21.4 Å². The van der Waals surface area contributed by atoms with E-state index in [0.29, 0.717) is 31.9 Å². The summed E-state index contributed by atoms with van der Waals surface area (Å²) < 4.78 is 46.5. The number of hydrogen-bond acceptors (Lipinski definition) is 5. The monoisotopic (exact) mass is 463 g/mol. The molecule has 0 spiro atoms. The molecule has 0 bridgehead atoms. The van der Waals surface area contributed by atoms with E-state index < -0.39 is 10.0 Å². The summed E-state index contributed by atoms with van der Waals surface area (Å²) in [5, 5.41) is 2.78. The van der Waals surface area contributed by atoms with Crippen LogP contribution in [0, 0.1) is 5.82 Å². The van der Waals surface area contributed by atoms with Crippen molar-refractivity contribution in [2.75, 3.05) is 38.6 Å². The third kappa shape index (κ3) is 6.05. The summed E-state index contributed by atoms with van der Waals surface area (Å²) in [5.74, 6) is -0.353. The van der Waals surface area contributed by atoms with Crippen molar-refractivity contribution in [3.8, 4) is 5.75 Å². The number of carbonyl (C=O) groups is 1. The van der Waals surface area contributed by atoms with Crippen LogP contribution in [0.4, 0.5) is 10.1 Å². The molecule has 0 atom stereocenters. The topological polar surface area (TPSA) is 79.0 Å². The molecule has 2 aromatic carbocycles. The molecule has 7 nitrogen and oxygen atoms in total. The van der Waals surface area contributed by atoms with Gasteiger partial charge in [-0.05, 0) is 55.3 Å². The molecule has 1 aliphatic heterocycles.